The van der Waals surface area contributed by atoms with Crippen LogP contribution in [0.15, 0.2) is 61.3 Å². The molecule has 0 N–H and O–H groups in total. The van der Waals surface area contributed by atoms with Crippen molar-refractivity contribution in [1.29, 1.82) is 0 Å². The number of hydrogen-bond acceptors (Lipinski definition) is 1. The highest BCUT2D eigenvalue weighted by Crippen LogP contribution is 2.26. The molecular formula is C24H34N2O. The van der Waals surface area contributed by atoms with Crippen LogP contribution in [0.5, 0.6) is 0 Å². The molecule has 27 heavy (non-hydrogen) atoms. The molecule has 0 aliphatic rings. The number of rotatable bonds is 9. The summed E-state index contributed by atoms with van der Waals surface area (Å²) in [6.45, 7) is 14.7. The highest BCUT2D eigenvalue weighted by molar-refractivity contribution is 5.76. The molecule has 1 amide bonds. The van der Waals surface area contributed by atoms with Gasteiger partial charge in [0.15, 0.2) is 0 Å². The SMILES string of the molecule is C=CCN(Cc1cccn1Cc1ccccc1)C(=O)C[C@@H](C)CC(C)(C)C. The van der Waals surface area contributed by atoms with Crippen molar-refractivity contribution in [3.05, 3.63) is 72.6 Å². The number of aromatic nitrogens is 1. The quantitative estimate of drug-likeness (QED) is 0.537. The summed E-state index contributed by atoms with van der Waals surface area (Å²) >= 11 is 0. The summed E-state index contributed by atoms with van der Waals surface area (Å²) in [6.07, 6.45) is 5.54. The molecule has 0 aliphatic carbocycles. The Hall–Kier alpha value is -2.29. The van der Waals surface area contributed by atoms with Gasteiger partial charge in [0.25, 0.3) is 0 Å². The van der Waals surface area contributed by atoms with E-state index in [2.05, 4.69) is 81.4 Å². The first kappa shape index (κ1) is 21.0. The van der Waals surface area contributed by atoms with E-state index in [1.165, 1.54) is 5.56 Å². The average molecular weight is 367 g/mol. The van der Waals surface area contributed by atoms with Crippen LogP contribution in [0.2, 0.25) is 0 Å². The largest absolute Gasteiger partial charge is 0.345 e. The summed E-state index contributed by atoms with van der Waals surface area (Å²) in [6, 6.07) is 14.6. The van der Waals surface area contributed by atoms with E-state index in [4.69, 9.17) is 0 Å². The molecule has 1 aromatic carbocycles. The van der Waals surface area contributed by atoms with Crippen molar-refractivity contribution < 1.29 is 4.79 Å². The molecule has 2 aromatic rings. The topological polar surface area (TPSA) is 25.2 Å². The maximum Gasteiger partial charge on any atom is 0.223 e. The number of carbonyl (C=O) groups is 1. The fourth-order valence-corrected chi connectivity index (χ4v) is 3.68. The van der Waals surface area contributed by atoms with E-state index in [1.807, 2.05) is 17.0 Å². The van der Waals surface area contributed by atoms with Crippen molar-refractivity contribution in [2.45, 2.75) is 53.6 Å². The molecule has 1 aromatic heterocycles. The molecule has 0 saturated carbocycles. The minimum Gasteiger partial charge on any atom is -0.345 e. The molecule has 146 valence electrons. The second-order valence-corrected chi connectivity index (χ2v) is 8.75. The Morgan fingerprint density at radius 2 is 1.89 bits per heavy atom. The second kappa shape index (κ2) is 9.59. The fourth-order valence-electron chi connectivity index (χ4n) is 3.68. The summed E-state index contributed by atoms with van der Waals surface area (Å²) in [7, 11) is 0. The van der Waals surface area contributed by atoms with E-state index >= 15 is 0 Å². The van der Waals surface area contributed by atoms with E-state index < -0.39 is 0 Å². The Balaban J connectivity index is 2.04. The Labute approximate surface area is 164 Å². The zero-order valence-electron chi connectivity index (χ0n) is 17.3. The lowest BCUT2D eigenvalue weighted by atomic mass is 9.84. The van der Waals surface area contributed by atoms with E-state index in [0.717, 1.165) is 18.7 Å². The molecule has 3 heteroatoms. The van der Waals surface area contributed by atoms with Crippen molar-refractivity contribution >= 4 is 5.91 Å². The number of amides is 1. The Morgan fingerprint density at radius 1 is 1.19 bits per heavy atom. The number of hydrogen-bond donors (Lipinski definition) is 0. The summed E-state index contributed by atoms with van der Waals surface area (Å²) in [5.41, 5.74) is 2.65. The van der Waals surface area contributed by atoms with Crippen molar-refractivity contribution in [1.82, 2.24) is 9.47 Å². The van der Waals surface area contributed by atoms with Gasteiger partial charge in [0.2, 0.25) is 5.91 Å². The van der Waals surface area contributed by atoms with Crippen LogP contribution in [-0.4, -0.2) is 21.9 Å². The van der Waals surface area contributed by atoms with Crippen LogP contribution in [0.3, 0.4) is 0 Å². The van der Waals surface area contributed by atoms with Gasteiger partial charge in [-0.15, -0.1) is 6.58 Å². The van der Waals surface area contributed by atoms with Crippen LogP contribution in [0, 0.1) is 11.3 Å². The Bertz CT molecular complexity index is 724. The lowest BCUT2D eigenvalue weighted by Crippen LogP contribution is -2.33. The molecule has 0 unspecified atom stereocenters. The van der Waals surface area contributed by atoms with Gasteiger partial charge < -0.3 is 9.47 Å². The van der Waals surface area contributed by atoms with Crippen molar-refractivity contribution in [3.63, 3.8) is 0 Å². The van der Waals surface area contributed by atoms with Crippen molar-refractivity contribution in [3.8, 4) is 0 Å². The van der Waals surface area contributed by atoms with Gasteiger partial charge in [-0.1, -0.05) is 64.1 Å². The maximum atomic E-state index is 12.9. The molecule has 0 saturated heterocycles. The maximum absolute atomic E-state index is 12.9. The number of nitrogens with zero attached hydrogens (tertiary/aromatic N) is 2. The molecule has 0 spiro atoms. The minimum absolute atomic E-state index is 0.208. The summed E-state index contributed by atoms with van der Waals surface area (Å²) in [5, 5.41) is 0. The van der Waals surface area contributed by atoms with E-state index in [0.29, 0.717) is 25.4 Å². The van der Waals surface area contributed by atoms with Gasteiger partial charge >= 0.3 is 0 Å². The zero-order valence-corrected chi connectivity index (χ0v) is 17.3. The van der Waals surface area contributed by atoms with Gasteiger partial charge in [-0.2, -0.15) is 0 Å². The van der Waals surface area contributed by atoms with Crippen LogP contribution in [0.1, 0.15) is 51.8 Å². The normalized spacial score (nSPS) is 12.6. The number of carbonyl (C=O) groups excluding carboxylic acids is 1. The van der Waals surface area contributed by atoms with Crippen molar-refractivity contribution in [2.24, 2.45) is 11.3 Å². The minimum atomic E-state index is 0.208. The zero-order chi connectivity index (χ0) is 19.9. The first-order chi connectivity index (χ1) is 12.8. The third-order valence-corrected chi connectivity index (χ3v) is 4.66. The third kappa shape index (κ3) is 7.09. The summed E-state index contributed by atoms with van der Waals surface area (Å²) in [4.78, 5) is 14.8. The predicted octanol–water partition coefficient (Wildman–Crippen LogP) is 5.51. The fraction of sp³-hybridized carbons (Fsp3) is 0.458. The average Bonchev–Trinajstić information content (AvgIpc) is 3.00. The predicted molar refractivity (Wildman–Crippen MR) is 113 cm³/mol. The van der Waals surface area contributed by atoms with E-state index in [1.54, 1.807) is 0 Å². The number of benzene rings is 1. The van der Waals surface area contributed by atoms with Gasteiger partial charge in [-0.25, -0.2) is 0 Å². The van der Waals surface area contributed by atoms with Gasteiger partial charge in [0, 0.05) is 31.4 Å². The molecule has 0 aliphatic heterocycles. The van der Waals surface area contributed by atoms with Crippen LogP contribution >= 0.6 is 0 Å². The highest BCUT2D eigenvalue weighted by Gasteiger charge is 2.21. The molecule has 2 rings (SSSR count). The Kier molecular flexibility index (Phi) is 7.46. The Morgan fingerprint density at radius 3 is 2.52 bits per heavy atom. The highest BCUT2D eigenvalue weighted by atomic mass is 16.2. The molecule has 3 nitrogen and oxygen atoms in total. The van der Waals surface area contributed by atoms with Crippen molar-refractivity contribution in [2.75, 3.05) is 6.54 Å². The molecule has 0 fully saturated rings. The first-order valence-corrected chi connectivity index (χ1v) is 9.85. The van der Waals surface area contributed by atoms with Gasteiger partial charge in [-0.05, 0) is 35.4 Å². The van der Waals surface area contributed by atoms with Crippen LogP contribution in [0.4, 0.5) is 0 Å². The summed E-state index contributed by atoms with van der Waals surface area (Å²) in [5.74, 6) is 0.583. The van der Waals surface area contributed by atoms with Crippen LogP contribution in [-0.2, 0) is 17.9 Å². The molecule has 1 atom stereocenters. The van der Waals surface area contributed by atoms with E-state index in [9.17, 15) is 4.79 Å². The lowest BCUT2D eigenvalue weighted by Gasteiger charge is -2.27. The molecule has 0 radical (unpaired) electrons. The standard InChI is InChI=1S/C24H34N2O/c1-6-14-26(23(27)16-20(2)17-24(3,4)5)19-22-13-10-15-25(22)18-21-11-8-7-9-12-21/h6-13,15,20H,1,14,16-19H2,2-5H3/t20-/m1/s1. The van der Waals surface area contributed by atoms with E-state index in [-0.39, 0.29) is 11.3 Å². The summed E-state index contributed by atoms with van der Waals surface area (Å²) < 4.78 is 2.22. The van der Waals surface area contributed by atoms with Crippen LogP contribution in [0.25, 0.3) is 0 Å². The van der Waals surface area contributed by atoms with Gasteiger partial charge in [0.05, 0.1) is 6.54 Å². The van der Waals surface area contributed by atoms with Crippen LogP contribution < -0.4 is 0 Å². The molecule has 0 bridgehead atoms. The second-order valence-electron chi connectivity index (χ2n) is 8.75. The smallest absolute Gasteiger partial charge is 0.223 e. The first-order valence-electron chi connectivity index (χ1n) is 9.85. The molecular weight excluding hydrogens is 332 g/mol. The van der Waals surface area contributed by atoms with Gasteiger partial charge in [-0.3, -0.25) is 4.79 Å². The lowest BCUT2D eigenvalue weighted by molar-refractivity contribution is -0.132. The third-order valence-electron chi connectivity index (χ3n) is 4.66. The monoisotopic (exact) mass is 366 g/mol. The molecule has 1 heterocycles. The van der Waals surface area contributed by atoms with Gasteiger partial charge in [0.1, 0.15) is 0 Å².